The largest absolute Gasteiger partial charge is 0.330 e. The Kier molecular flexibility index (Phi) is 5.76. The van der Waals surface area contributed by atoms with Crippen molar-refractivity contribution in [2.75, 3.05) is 6.54 Å². The lowest BCUT2D eigenvalue weighted by molar-refractivity contribution is 0.718. The summed E-state index contributed by atoms with van der Waals surface area (Å²) in [5.41, 5.74) is 10.3. The smallest absolute Gasteiger partial charge is 0.256 e. The molecular formula is C24H28N4O. The predicted molar refractivity (Wildman–Crippen MR) is 120 cm³/mol. The molecular weight excluding hydrogens is 360 g/mol. The Morgan fingerprint density at radius 1 is 0.931 bits per heavy atom. The quantitative estimate of drug-likeness (QED) is 0.302. The molecule has 29 heavy (non-hydrogen) atoms. The summed E-state index contributed by atoms with van der Waals surface area (Å²) in [6.07, 6.45) is 11.9. The molecule has 0 aliphatic carbocycles. The van der Waals surface area contributed by atoms with Crippen LogP contribution in [0.15, 0.2) is 47.7 Å². The lowest BCUT2D eigenvalue weighted by Crippen LogP contribution is -2.09. The highest BCUT2D eigenvalue weighted by Crippen LogP contribution is 2.33. The topological polar surface area (TPSA) is 87.6 Å². The average Bonchev–Trinajstić information content (AvgIpc) is 3.28. The van der Waals surface area contributed by atoms with Gasteiger partial charge in [-0.3, -0.25) is 9.89 Å². The molecule has 4 N–H and O–H groups in total. The van der Waals surface area contributed by atoms with Crippen LogP contribution >= 0.6 is 0 Å². The Morgan fingerprint density at radius 2 is 1.79 bits per heavy atom. The summed E-state index contributed by atoms with van der Waals surface area (Å²) in [5.74, 6) is 0. The third-order valence-electron chi connectivity index (χ3n) is 5.70. The molecule has 5 heteroatoms. The lowest BCUT2D eigenvalue weighted by atomic mass is 9.91. The number of benzene rings is 2. The lowest BCUT2D eigenvalue weighted by Gasteiger charge is -2.14. The van der Waals surface area contributed by atoms with Gasteiger partial charge in [0.15, 0.2) is 0 Å². The number of hydrogen-bond acceptors (Lipinski definition) is 3. The standard InChI is InChI=1S/C24H28N4O/c1-2-3-4-6-18-13-26-24(29)23-21(18)12-17(7-5-10-25)20-9-8-16(11-22(20)23)19-14-27-28-15-19/h8-9,11-15H,2-7,10,25H2,1H3,(H,26,29)(H,27,28). The number of pyridine rings is 1. The highest BCUT2D eigenvalue weighted by Gasteiger charge is 2.14. The van der Waals surface area contributed by atoms with Crippen LogP contribution in [0.3, 0.4) is 0 Å². The molecule has 4 rings (SSSR count). The van der Waals surface area contributed by atoms with Crippen LogP contribution < -0.4 is 11.3 Å². The van der Waals surface area contributed by atoms with Crippen LogP contribution in [-0.2, 0) is 12.8 Å². The summed E-state index contributed by atoms with van der Waals surface area (Å²) >= 11 is 0. The number of hydrogen-bond donors (Lipinski definition) is 3. The van der Waals surface area contributed by atoms with Gasteiger partial charge < -0.3 is 10.7 Å². The Balaban J connectivity index is 1.98. The van der Waals surface area contributed by atoms with Gasteiger partial charge in [-0.25, -0.2) is 0 Å². The molecule has 0 radical (unpaired) electrons. The van der Waals surface area contributed by atoms with Gasteiger partial charge in [-0.05, 0) is 77.2 Å². The van der Waals surface area contributed by atoms with E-state index in [2.05, 4.69) is 46.4 Å². The summed E-state index contributed by atoms with van der Waals surface area (Å²) in [5, 5.41) is 10.9. The van der Waals surface area contributed by atoms with Gasteiger partial charge in [-0.2, -0.15) is 5.10 Å². The minimum Gasteiger partial charge on any atom is -0.330 e. The maximum absolute atomic E-state index is 12.9. The molecule has 0 atom stereocenters. The molecule has 0 fully saturated rings. The number of nitrogens with one attached hydrogen (secondary N) is 2. The Morgan fingerprint density at radius 3 is 2.55 bits per heavy atom. The van der Waals surface area contributed by atoms with Crippen LogP contribution in [0.1, 0.15) is 43.7 Å². The monoisotopic (exact) mass is 388 g/mol. The first-order chi connectivity index (χ1) is 14.2. The van der Waals surface area contributed by atoms with Gasteiger partial charge in [-0.1, -0.05) is 31.9 Å². The second-order valence-corrected chi connectivity index (χ2v) is 7.70. The van der Waals surface area contributed by atoms with Crippen molar-refractivity contribution in [2.45, 2.75) is 45.4 Å². The van der Waals surface area contributed by atoms with Gasteiger partial charge >= 0.3 is 0 Å². The fourth-order valence-corrected chi connectivity index (χ4v) is 4.16. The molecule has 0 saturated carbocycles. The van der Waals surface area contributed by atoms with Crippen LogP contribution in [0.25, 0.3) is 32.7 Å². The first-order valence-corrected chi connectivity index (χ1v) is 10.5. The van der Waals surface area contributed by atoms with E-state index >= 15 is 0 Å². The van der Waals surface area contributed by atoms with Gasteiger partial charge in [-0.15, -0.1) is 0 Å². The number of rotatable bonds is 8. The van der Waals surface area contributed by atoms with Crippen molar-refractivity contribution >= 4 is 21.5 Å². The number of aromatic amines is 2. The highest BCUT2D eigenvalue weighted by atomic mass is 16.1. The third-order valence-corrected chi connectivity index (χ3v) is 5.70. The molecule has 5 nitrogen and oxygen atoms in total. The number of aryl methyl sites for hydroxylation is 2. The minimum atomic E-state index is -0.0287. The molecule has 0 aliphatic rings. The number of unbranched alkanes of at least 4 members (excludes halogenated alkanes) is 2. The van der Waals surface area contributed by atoms with Crippen molar-refractivity contribution in [3.63, 3.8) is 0 Å². The SMILES string of the molecule is CCCCCc1c[nH]c(=O)c2c1cc(CCCN)c1ccc(-c3cn[nH]c3)cc12. The van der Waals surface area contributed by atoms with E-state index in [1.807, 2.05) is 18.6 Å². The van der Waals surface area contributed by atoms with E-state index in [-0.39, 0.29) is 5.56 Å². The maximum Gasteiger partial charge on any atom is 0.256 e. The van der Waals surface area contributed by atoms with Crippen LogP contribution in [0.5, 0.6) is 0 Å². The van der Waals surface area contributed by atoms with Crippen molar-refractivity contribution in [3.8, 4) is 11.1 Å². The van der Waals surface area contributed by atoms with Crippen LogP contribution in [0.2, 0.25) is 0 Å². The van der Waals surface area contributed by atoms with Crippen LogP contribution in [-0.4, -0.2) is 21.7 Å². The zero-order chi connectivity index (χ0) is 20.2. The van der Waals surface area contributed by atoms with Crippen LogP contribution in [0.4, 0.5) is 0 Å². The number of nitrogens with zero attached hydrogens (tertiary/aromatic N) is 1. The second-order valence-electron chi connectivity index (χ2n) is 7.70. The summed E-state index contributed by atoms with van der Waals surface area (Å²) in [4.78, 5) is 15.9. The summed E-state index contributed by atoms with van der Waals surface area (Å²) in [7, 11) is 0. The molecule has 150 valence electrons. The molecule has 0 bridgehead atoms. The second kappa shape index (κ2) is 8.62. The molecule has 2 aromatic carbocycles. The van der Waals surface area contributed by atoms with Crippen molar-refractivity contribution in [1.82, 2.24) is 15.2 Å². The molecule has 0 aliphatic heterocycles. The predicted octanol–water partition coefficient (Wildman–Crippen LogP) is 4.70. The van der Waals surface area contributed by atoms with Gasteiger partial charge in [0.1, 0.15) is 0 Å². The molecule has 0 spiro atoms. The van der Waals surface area contributed by atoms with Gasteiger partial charge in [0.05, 0.1) is 11.6 Å². The van der Waals surface area contributed by atoms with Crippen molar-refractivity contribution in [2.24, 2.45) is 5.73 Å². The number of aromatic nitrogens is 3. The van der Waals surface area contributed by atoms with E-state index in [0.29, 0.717) is 6.54 Å². The van der Waals surface area contributed by atoms with E-state index in [4.69, 9.17) is 5.73 Å². The Labute approximate surface area is 170 Å². The van der Waals surface area contributed by atoms with Gasteiger partial charge in [0.25, 0.3) is 5.56 Å². The van der Waals surface area contributed by atoms with Crippen LogP contribution in [0, 0.1) is 0 Å². The number of H-pyrrole nitrogens is 2. The molecule has 0 unspecified atom stereocenters. The summed E-state index contributed by atoms with van der Waals surface area (Å²) in [6, 6.07) is 8.58. The molecule has 0 saturated heterocycles. The van der Waals surface area contributed by atoms with Crippen molar-refractivity contribution in [3.05, 3.63) is 64.3 Å². The normalized spacial score (nSPS) is 11.5. The van der Waals surface area contributed by atoms with E-state index in [9.17, 15) is 4.79 Å². The van der Waals surface area contributed by atoms with E-state index in [1.54, 1.807) is 0 Å². The first kappa shape index (κ1) is 19.4. The Bertz CT molecular complexity index is 1180. The maximum atomic E-state index is 12.9. The number of fused-ring (bicyclic) bond motifs is 3. The summed E-state index contributed by atoms with van der Waals surface area (Å²) in [6.45, 7) is 2.87. The molecule has 4 aromatic rings. The fraction of sp³-hybridized carbons (Fsp3) is 0.333. The van der Waals surface area contributed by atoms with Gasteiger partial charge in [0.2, 0.25) is 0 Å². The molecule has 2 aromatic heterocycles. The number of nitrogens with two attached hydrogens (primary N) is 1. The molecule has 2 heterocycles. The fourth-order valence-electron chi connectivity index (χ4n) is 4.16. The van der Waals surface area contributed by atoms with Crippen molar-refractivity contribution < 1.29 is 0 Å². The Hall–Kier alpha value is -2.92. The summed E-state index contributed by atoms with van der Waals surface area (Å²) < 4.78 is 0. The zero-order valence-electron chi connectivity index (χ0n) is 16.9. The highest BCUT2D eigenvalue weighted by molar-refractivity contribution is 6.10. The molecule has 0 amide bonds. The van der Waals surface area contributed by atoms with E-state index in [0.717, 1.165) is 58.4 Å². The minimum absolute atomic E-state index is 0.0287. The first-order valence-electron chi connectivity index (χ1n) is 10.5. The van der Waals surface area contributed by atoms with E-state index in [1.165, 1.54) is 24.0 Å². The zero-order valence-corrected chi connectivity index (χ0v) is 16.9. The van der Waals surface area contributed by atoms with E-state index < -0.39 is 0 Å². The van der Waals surface area contributed by atoms with Crippen molar-refractivity contribution in [1.29, 1.82) is 0 Å². The third kappa shape index (κ3) is 3.83. The van der Waals surface area contributed by atoms with Gasteiger partial charge in [0, 0.05) is 18.0 Å². The average molecular weight is 389 g/mol.